The van der Waals surface area contributed by atoms with Crippen molar-refractivity contribution in [2.75, 3.05) is 0 Å². The molecule has 0 saturated heterocycles. The van der Waals surface area contributed by atoms with Gasteiger partial charge in [-0.2, -0.15) is 8.78 Å². The Labute approximate surface area is 71.2 Å². The summed E-state index contributed by atoms with van der Waals surface area (Å²) in [5, 5.41) is -0.709. The first-order chi connectivity index (χ1) is 5.15. The maximum atomic E-state index is 12.4. The van der Waals surface area contributed by atoms with E-state index in [0.717, 1.165) is 0 Å². The summed E-state index contributed by atoms with van der Waals surface area (Å²) >= 11 is 10.3. The Hall–Kier alpha value is -0.480. The third-order valence-corrected chi connectivity index (χ3v) is 1.49. The predicted molar refractivity (Wildman–Crippen MR) is 36.5 cm³/mol. The summed E-state index contributed by atoms with van der Waals surface area (Å²) in [6.45, 7) is 0. The summed E-state index contributed by atoms with van der Waals surface area (Å²) in [6, 6.07) is 0. The van der Waals surface area contributed by atoms with Gasteiger partial charge in [-0.15, -0.1) is 11.6 Å². The van der Waals surface area contributed by atoms with Crippen LogP contribution < -0.4 is 0 Å². The maximum Gasteiger partial charge on any atom is 0.238 e. The first kappa shape index (κ1) is 8.62. The number of aromatic nitrogens is 2. The summed E-state index contributed by atoms with van der Waals surface area (Å²) in [5.41, 5.74) is 0. The van der Waals surface area contributed by atoms with E-state index in [-0.39, 0.29) is 11.7 Å². The van der Waals surface area contributed by atoms with E-state index >= 15 is 0 Å². The lowest BCUT2D eigenvalue weighted by atomic mass is 10.6. The largest absolute Gasteiger partial charge is 0.238 e. The van der Waals surface area contributed by atoms with Crippen LogP contribution in [0.1, 0.15) is 5.82 Å². The molecule has 0 N–H and O–H groups in total. The molecule has 0 aliphatic heterocycles. The Morgan fingerprint density at radius 3 is 2.00 bits per heavy atom. The lowest BCUT2D eigenvalue weighted by Crippen LogP contribution is -1.99. The molecule has 0 fully saturated rings. The van der Waals surface area contributed by atoms with Crippen LogP contribution in [0.2, 0.25) is 5.02 Å². The Kier molecular flexibility index (Phi) is 2.57. The molecular formula is C5H2Cl2F2N2. The molecule has 0 radical (unpaired) electrons. The normalized spacial score (nSPS) is 10.2. The second-order valence-electron chi connectivity index (χ2n) is 1.67. The molecule has 0 aromatic carbocycles. The van der Waals surface area contributed by atoms with Gasteiger partial charge in [0.25, 0.3) is 0 Å². The molecule has 1 aromatic heterocycles. The van der Waals surface area contributed by atoms with Gasteiger partial charge < -0.3 is 0 Å². The highest BCUT2D eigenvalue weighted by Crippen LogP contribution is 2.15. The average Bonchev–Trinajstić information content (AvgIpc) is 1.99. The molecule has 11 heavy (non-hydrogen) atoms. The number of nitrogens with zero attached hydrogens (tertiary/aromatic N) is 2. The van der Waals surface area contributed by atoms with Crippen molar-refractivity contribution in [2.45, 2.75) is 5.88 Å². The fourth-order valence-electron chi connectivity index (χ4n) is 0.495. The molecule has 1 aromatic rings. The zero-order chi connectivity index (χ0) is 8.43. The summed E-state index contributed by atoms with van der Waals surface area (Å²) in [7, 11) is 0. The van der Waals surface area contributed by atoms with Gasteiger partial charge in [0.1, 0.15) is 5.82 Å². The van der Waals surface area contributed by atoms with Crippen LogP contribution in [0.5, 0.6) is 0 Å². The second-order valence-corrected chi connectivity index (χ2v) is 2.31. The highest BCUT2D eigenvalue weighted by molar-refractivity contribution is 6.30. The summed E-state index contributed by atoms with van der Waals surface area (Å²) in [4.78, 5) is 6.34. The van der Waals surface area contributed by atoms with E-state index in [1.54, 1.807) is 0 Å². The van der Waals surface area contributed by atoms with Gasteiger partial charge in [-0.25, -0.2) is 9.97 Å². The number of hydrogen-bond acceptors (Lipinski definition) is 2. The maximum absolute atomic E-state index is 12.4. The van der Waals surface area contributed by atoms with E-state index in [1.165, 1.54) is 0 Å². The van der Waals surface area contributed by atoms with E-state index in [4.69, 9.17) is 23.2 Å². The Balaban J connectivity index is 3.21. The molecular weight excluding hydrogens is 197 g/mol. The third kappa shape index (κ3) is 1.75. The molecule has 0 atom stereocenters. The van der Waals surface area contributed by atoms with Crippen LogP contribution in [0.3, 0.4) is 0 Å². The molecule has 0 amide bonds. The van der Waals surface area contributed by atoms with Crippen molar-refractivity contribution in [1.82, 2.24) is 9.97 Å². The third-order valence-electron chi connectivity index (χ3n) is 0.936. The van der Waals surface area contributed by atoms with Gasteiger partial charge in [0.05, 0.1) is 5.88 Å². The number of hydrogen-bond donors (Lipinski definition) is 0. The van der Waals surface area contributed by atoms with Gasteiger partial charge in [-0.3, -0.25) is 0 Å². The lowest BCUT2D eigenvalue weighted by molar-refractivity contribution is 0.517. The van der Waals surface area contributed by atoms with E-state index in [9.17, 15) is 8.78 Å². The van der Waals surface area contributed by atoms with Gasteiger partial charge in [0, 0.05) is 0 Å². The van der Waals surface area contributed by atoms with Crippen LogP contribution in [0.15, 0.2) is 0 Å². The zero-order valence-electron chi connectivity index (χ0n) is 5.11. The SMILES string of the molecule is Fc1nc(CCl)nc(F)c1Cl. The van der Waals surface area contributed by atoms with E-state index in [0.29, 0.717) is 0 Å². The summed E-state index contributed by atoms with van der Waals surface area (Å²) in [6.07, 6.45) is 0. The quantitative estimate of drug-likeness (QED) is 0.511. The van der Waals surface area contributed by atoms with Gasteiger partial charge in [-0.1, -0.05) is 11.6 Å². The number of rotatable bonds is 1. The van der Waals surface area contributed by atoms with Gasteiger partial charge in [0.2, 0.25) is 11.9 Å². The minimum absolute atomic E-state index is 0.119. The first-order valence-electron chi connectivity index (χ1n) is 2.58. The Morgan fingerprint density at radius 1 is 1.18 bits per heavy atom. The molecule has 0 aliphatic carbocycles. The molecule has 60 valence electrons. The van der Waals surface area contributed by atoms with E-state index < -0.39 is 16.9 Å². The average molecular weight is 199 g/mol. The molecule has 0 unspecified atom stereocenters. The minimum Gasteiger partial charge on any atom is -0.202 e. The Bertz CT molecular complexity index is 256. The molecule has 0 saturated carbocycles. The monoisotopic (exact) mass is 198 g/mol. The van der Waals surface area contributed by atoms with Crippen molar-refractivity contribution in [1.29, 1.82) is 0 Å². The van der Waals surface area contributed by atoms with Gasteiger partial charge in [-0.05, 0) is 0 Å². The van der Waals surface area contributed by atoms with Gasteiger partial charge in [0.15, 0.2) is 5.02 Å². The highest BCUT2D eigenvalue weighted by Gasteiger charge is 2.10. The van der Waals surface area contributed by atoms with Crippen molar-refractivity contribution in [2.24, 2.45) is 0 Å². The standard InChI is InChI=1S/C5H2Cl2F2N2/c6-1-2-10-4(8)3(7)5(9)11-2/h1H2. The van der Waals surface area contributed by atoms with Gasteiger partial charge >= 0.3 is 0 Å². The molecule has 0 bridgehead atoms. The first-order valence-corrected chi connectivity index (χ1v) is 3.49. The number of halogens is 4. The predicted octanol–water partition coefficient (Wildman–Crippen LogP) is 2.15. The second kappa shape index (κ2) is 3.28. The summed E-state index contributed by atoms with van der Waals surface area (Å²) < 4.78 is 24.9. The number of alkyl halides is 1. The molecule has 1 rings (SSSR count). The molecule has 0 spiro atoms. The molecule has 1 heterocycles. The van der Waals surface area contributed by atoms with Crippen molar-refractivity contribution in [3.63, 3.8) is 0 Å². The van der Waals surface area contributed by atoms with E-state index in [1.807, 2.05) is 0 Å². The topological polar surface area (TPSA) is 25.8 Å². The van der Waals surface area contributed by atoms with Crippen molar-refractivity contribution in [3.8, 4) is 0 Å². The van der Waals surface area contributed by atoms with Crippen LogP contribution >= 0.6 is 23.2 Å². The molecule has 2 nitrogen and oxygen atoms in total. The van der Waals surface area contributed by atoms with Crippen LogP contribution in [0.4, 0.5) is 8.78 Å². The lowest BCUT2D eigenvalue weighted by Gasteiger charge is -1.96. The fraction of sp³-hybridized carbons (Fsp3) is 0.200. The van der Waals surface area contributed by atoms with Crippen LogP contribution in [0, 0.1) is 11.9 Å². The fourth-order valence-corrected chi connectivity index (χ4v) is 0.699. The highest BCUT2D eigenvalue weighted by atomic mass is 35.5. The van der Waals surface area contributed by atoms with Crippen molar-refractivity contribution >= 4 is 23.2 Å². The zero-order valence-corrected chi connectivity index (χ0v) is 6.63. The van der Waals surface area contributed by atoms with Crippen molar-refractivity contribution in [3.05, 3.63) is 22.7 Å². The van der Waals surface area contributed by atoms with Crippen LogP contribution in [-0.2, 0) is 5.88 Å². The minimum atomic E-state index is -1.09. The summed E-state index contributed by atoms with van der Waals surface area (Å²) in [5.74, 6) is -2.44. The van der Waals surface area contributed by atoms with E-state index in [2.05, 4.69) is 9.97 Å². The smallest absolute Gasteiger partial charge is 0.202 e. The van der Waals surface area contributed by atoms with Crippen LogP contribution in [0.25, 0.3) is 0 Å². The van der Waals surface area contributed by atoms with Crippen molar-refractivity contribution < 1.29 is 8.78 Å². The van der Waals surface area contributed by atoms with Crippen LogP contribution in [-0.4, -0.2) is 9.97 Å². The Morgan fingerprint density at radius 2 is 1.64 bits per heavy atom. The molecule has 6 heteroatoms. The molecule has 0 aliphatic rings.